The predicted octanol–water partition coefficient (Wildman–Crippen LogP) is -0.214. The van der Waals surface area contributed by atoms with Crippen LogP contribution < -0.4 is 5.73 Å². The number of nitrogens with two attached hydrogens (primary N) is 1. The zero-order chi connectivity index (χ0) is 15.1. The summed E-state index contributed by atoms with van der Waals surface area (Å²) >= 11 is 2.83. The van der Waals surface area contributed by atoms with Crippen molar-refractivity contribution < 1.29 is 14.7 Å². The summed E-state index contributed by atoms with van der Waals surface area (Å²) in [5.41, 5.74) is 6.45. The molecule has 0 aliphatic carbocycles. The summed E-state index contributed by atoms with van der Waals surface area (Å²) in [6.45, 7) is 1.79. The molecule has 21 heavy (non-hydrogen) atoms. The van der Waals surface area contributed by atoms with Crippen LogP contribution in [0, 0.1) is 6.92 Å². The van der Waals surface area contributed by atoms with Gasteiger partial charge in [-0.15, -0.1) is 16.9 Å². The number of aromatic amines is 1. The van der Waals surface area contributed by atoms with E-state index in [9.17, 15) is 14.7 Å². The van der Waals surface area contributed by atoms with Gasteiger partial charge < -0.3 is 10.8 Å². The molecule has 1 amide bonds. The number of H-pyrrole nitrogens is 1. The lowest BCUT2D eigenvalue weighted by atomic mass is 10.0. The van der Waals surface area contributed by atoms with E-state index < -0.39 is 12.0 Å². The fourth-order valence-corrected chi connectivity index (χ4v) is 4.51. The Kier molecular flexibility index (Phi) is 3.68. The molecular formula is C11H13N5O3S2. The minimum absolute atomic E-state index is 0.0604. The highest BCUT2D eigenvalue weighted by Crippen LogP contribution is 2.40. The summed E-state index contributed by atoms with van der Waals surface area (Å²) in [5, 5.41) is 16.4. The van der Waals surface area contributed by atoms with Crippen molar-refractivity contribution >= 4 is 35.4 Å². The van der Waals surface area contributed by atoms with Crippen LogP contribution in [0.25, 0.3) is 0 Å². The number of amides is 1. The fourth-order valence-electron chi connectivity index (χ4n) is 2.23. The van der Waals surface area contributed by atoms with E-state index in [1.54, 1.807) is 6.92 Å². The molecule has 1 unspecified atom stereocenters. The quantitative estimate of drug-likeness (QED) is 0.512. The second-order valence-corrected chi connectivity index (χ2v) is 6.73. The molecule has 2 atom stereocenters. The maximum atomic E-state index is 11.8. The minimum atomic E-state index is -1.10. The van der Waals surface area contributed by atoms with E-state index in [0.717, 1.165) is 0 Å². The van der Waals surface area contributed by atoms with Crippen molar-refractivity contribution in [2.24, 2.45) is 5.73 Å². The third-order valence-corrected chi connectivity index (χ3v) is 5.54. The Morgan fingerprint density at radius 3 is 3.05 bits per heavy atom. The second kappa shape index (κ2) is 5.35. The first kappa shape index (κ1) is 14.4. The smallest absolute Gasteiger partial charge is 0.352 e. The third-order valence-electron chi connectivity index (χ3n) is 3.24. The Morgan fingerprint density at radius 2 is 2.43 bits per heavy atom. The number of aryl methyl sites for hydroxylation is 1. The number of carbonyl (C=O) groups excluding carboxylic acids is 1. The van der Waals surface area contributed by atoms with E-state index in [-0.39, 0.29) is 17.0 Å². The van der Waals surface area contributed by atoms with E-state index in [2.05, 4.69) is 15.2 Å². The SMILES string of the molecule is Cc1nc(SCC2=C(C(=O)O)N3C(=O)[C@@H](N)C3SC2)n[nH]1. The highest BCUT2D eigenvalue weighted by Gasteiger charge is 2.51. The van der Waals surface area contributed by atoms with Gasteiger partial charge in [0.15, 0.2) is 0 Å². The lowest BCUT2D eigenvalue weighted by Gasteiger charge is -2.48. The van der Waals surface area contributed by atoms with Gasteiger partial charge in [-0.1, -0.05) is 11.8 Å². The van der Waals surface area contributed by atoms with Crippen LogP contribution >= 0.6 is 23.5 Å². The number of thioether (sulfide) groups is 2. The highest BCUT2D eigenvalue weighted by atomic mass is 32.2. The highest BCUT2D eigenvalue weighted by molar-refractivity contribution is 8.01. The van der Waals surface area contributed by atoms with E-state index in [0.29, 0.717) is 28.1 Å². The minimum Gasteiger partial charge on any atom is -0.477 e. The van der Waals surface area contributed by atoms with Gasteiger partial charge in [0.05, 0.1) is 0 Å². The summed E-state index contributed by atoms with van der Waals surface area (Å²) < 4.78 is 0. The monoisotopic (exact) mass is 327 g/mol. The van der Waals surface area contributed by atoms with E-state index in [4.69, 9.17) is 5.73 Å². The number of aromatic nitrogens is 3. The van der Waals surface area contributed by atoms with Crippen LogP contribution in [0.4, 0.5) is 0 Å². The fraction of sp³-hybridized carbons (Fsp3) is 0.455. The van der Waals surface area contributed by atoms with Crippen molar-refractivity contribution in [3.63, 3.8) is 0 Å². The first-order valence-electron chi connectivity index (χ1n) is 6.16. The normalized spacial score (nSPS) is 24.9. The number of nitrogens with one attached hydrogen (secondary N) is 1. The second-order valence-electron chi connectivity index (χ2n) is 4.68. The molecule has 0 bridgehead atoms. The number of β-lactam (4-membered cyclic amide) rings is 1. The third kappa shape index (κ3) is 2.43. The van der Waals surface area contributed by atoms with Gasteiger partial charge in [-0.25, -0.2) is 9.78 Å². The van der Waals surface area contributed by atoms with Crippen molar-refractivity contribution in [1.29, 1.82) is 0 Å². The standard InChI is InChI=1S/C11H13N5O3S2/c1-4-13-11(15-14-4)21-3-5-2-20-9-6(12)8(17)16(9)7(5)10(18)19/h6,9H,2-3,12H2,1H3,(H,18,19)(H,13,14,15)/t6-,9?/m1/s1. The first-order chi connectivity index (χ1) is 9.99. The van der Waals surface area contributed by atoms with Crippen molar-refractivity contribution in [3.8, 4) is 0 Å². The number of carbonyl (C=O) groups is 2. The Labute approximate surface area is 128 Å². The van der Waals surface area contributed by atoms with Gasteiger partial charge in [-0.2, -0.15) is 0 Å². The number of carboxylic acid groups (broad SMARTS) is 1. The van der Waals surface area contributed by atoms with Crippen LogP contribution in [0.15, 0.2) is 16.4 Å². The molecule has 0 aromatic carbocycles. The molecule has 3 heterocycles. The lowest BCUT2D eigenvalue weighted by molar-refractivity contribution is -0.147. The van der Waals surface area contributed by atoms with Crippen LogP contribution in [-0.4, -0.2) is 60.0 Å². The summed E-state index contributed by atoms with van der Waals surface area (Å²) in [6, 6.07) is -0.603. The molecule has 112 valence electrons. The Bertz CT molecular complexity index is 644. The Morgan fingerprint density at radius 1 is 1.67 bits per heavy atom. The molecular weight excluding hydrogens is 314 g/mol. The summed E-state index contributed by atoms with van der Waals surface area (Å²) in [6.07, 6.45) is 0. The summed E-state index contributed by atoms with van der Waals surface area (Å²) in [7, 11) is 0. The summed E-state index contributed by atoms with van der Waals surface area (Å²) in [4.78, 5) is 28.7. The molecule has 10 heteroatoms. The van der Waals surface area contributed by atoms with Crippen molar-refractivity contribution in [1.82, 2.24) is 20.1 Å². The average molecular weight is 327 g/mol. The number of hydrogen-bond acceptors (Lipinski definition) is 7. The molecule has 8 nitrogen and oxygen atoms in total. The average Bonchev–Trinajstić information content (AvgIpc) is 2.88. The molecule has 2 aliphatic heterocycles. The van der Waals surface area contributed by atoms with Gasteiger partial charge in [0.2, 0.25) is 11.1 Å². The number of nitrogens with zero attached hydrogens (tertiary/aromatic N) is 3. The maximum absolute atomic E-state index is 11.8. The van der Waals surface area contributed by atoms with Crippen LogP contribution in [0.3, 0.4) is 0 Å². The molecule has 3 rings (SSSR count). The molecule has 1 aromatic heterocycles. The van der Waals surface area contributed by atoms with E-state index >= 15 is 0 Å². The maximum Gasteiger partial charge on any atom is 0.352 e. The zero-order valence-electron chi connectivity index (χ0n) is 11.1. The van der Waals surface area contributed by atoms with Gasteiger partial charge in [-0.05, 0) is 12.5 Å². The van der Waals surface area contributed by atoms with Crippen LogP contribution in [0.2, 0.25) is 0 Å². The van der Waals surface area contributed by atoms with E-state index in [1.165, 1.54) is 28.4 Å². The number of carboxylic acids is 1. The van der Waals surface area contributed by atoms with Gasteiger partial charge in [0, 0.05) is 11.5 Å². The lowest BCUT2D eigenvalue weighted by Crippen LogP contribution is -2.68. The largest absolute Gasteiger partial charge is 0.477 e. The molecule has 0 radical (unpaired) electrons. The molecule has 1 aromatic rings. The Hall–Kier alpha value is -1.52. The summed E-state index contributed by atoms with van der Waals surface area (Å²) in [5.74, 6) is 0.243. The topological polar surface area (TPSA) is 125 Å². The number of aliphatic carboxylic acids is 1. The van der Waals surface area contributed by atoms with Crippen LogP contribution in [0.5, 0.6) is 0 Å². The molecule has 4 N–H and O–H groups in total. The Balaban J connectivity index is 1.81. The van der Waals surface area contributed by atoms with E-state index in [1.807, 2.05) is 0 Å². The van der Waals surface area contributed by atoms with Gasteiger partial charge in [0.25, 0.3) is 0 Å². The van der Waals surface area contributed by atoms with Crippen molar-refractivity contribution in [3.05, 3.63) is 17.1 Å². The predicted molar refractivity (Wildman–Crippen MR) is 77.6 cm³/mol. The zero-order valence-corrected chi connectivity index (χ0v) is 12.7. The number of hydrogen-bond donors (Lipinski definition) is 3. The molecule has 0 spiro atoms. The van der Waals surface area contributed by atoms with Crippen molar-refractivity contribution in [2.45, 2.75) is 23.5 Å². The van der Waals surface area contributed by atoms with Crippen molar-refractivity contribution in [2.75, 3.05) is 11.5 Å². The van der Waals surface area contributed by atoms with Crippen LogP contribution in [-0.2, 0) is 9.59 Å². The molecule has 1 saturated heterocycles. The van der Waals surface area contributed by atoms with Gasteiger partial charge in [-0.3, -0.25) is 14.8 Å². The molecule has 0 saturated carbocycles. The van der Waals surface area contributed by atoms with Gasteiger partial charge >= 0.3 is 5.97 Å². The molecule has 2 aliphatic rings. The number of fused-ring (bicyclic) bond motifs is 1. The van der Waals surface area contributed by atoms with Crippen LogP contribution in [0.1, 0.15) is 5.82 Å². The van der Waals surface area contributed by atoms with Gasteiger partial charge in [0.1, 0.15) is 22.9 Å². The molecule has 1 fully saturated rings. The first-order valence-corrected chi connectivity index (χ1v) is 8.20. The number of rotatable bonds is 4.